The molecule has 1 aliphatic heterocycles. The second-order valence-electron chi connectivity index (χ2n) is 9.83. The van der Waals surface area contributed by atoms with Crippen molar-refractivity contribution in [2.75, 3.05) is 31.1 Å². The van der Waals surface area contributed by atoms with Crippen LogP contribution in [0.5, 0.6) is 0 Å². The summed E-state index contributed by atoms with van der Waals surface area (Å²) in [5.74, 6) is 1.81. The third kappa shape index (κ3) is 3.67. The van der Waals surface area contributed by atoms with E-state index in [4.69, 9.17) is 11.6 Å². The fraction of sp³-hybridized carbons (Fsp3) is 0.560. The fourth-order valence-corrected chi connectivity index (χ4v) is 5.70. The highest BCUT2D eigenvalue weighted by molar-refractivity contribution is 6.30. The Bertz CT molecular complexity index is 1000. The summed E-state index contributed by atoms with van der Waals surface area (Å²) in [6, 6.07) is 8.33. The van der Waals surface area contributed by atoms with E-state index >= 15 is 0 Å². The topological polar surface area (TPSA) is 61.4 Å². The number of carbonyl (C=O) groups is 1. The van der Waals surface area contributed by atoms with Crippen LogP contribution in [0.4, 0.5) is 5.82 Å². The lowest BCUT2D eigenvalue weighted by Gasteiger charge is -2.38. The SMILES string of the molecule is CC(C)NC1CC1(C(=O)N1CCN(c2ncnc3c2[C@H](C)CC3)CC1)c1ccc(Cl)cc1. The van der Waals surface area contributed by atoms with E-state index in [9.17, 15) is 4.79 Å². The van der Waals surface area contributed by atoms with Crippen LogP contribution in [0.1, 0.15) is 56.4 Å². The Kier molecular flexibility index (Phi) is 5.62. The minimum atomic E-state index is -0.484. The molecule has 1 N–H and O–H groups in total. The third-order valence-electron chi connectivity index (χ3n) is 7.36. The van der Waals surface area contributed by atoms with Crippen LogP contribution < -0.4 is 10.2 Å². The van der Waals surface area contributed by atoms with E-state index in [1.807, 2.05) is 24.3 Å². The number of carbonyl (C=O) groups excluding carboxylic acids is 1. The van der Waals surface area contributed by atoms with Gasteiger partial charge in [-0.3, -0.25) is 4.79 Å². The number of rotatable bonds is 5. The van der Waals surface area contributed by atoms with Crippen molar-refractivity contribution in [1.82, 2.24) is 20.2 Å². The van der Waals surface area contributed by atoms with Gasteiger partial charge in [-0.1, -0.05) is 44.5 Å². The predicted octanol–water partition coefficient (Wildman–Crippen LogP) is 3.54. The highest BCUT2D eigenvalue weighted by Gasteiger charge is 2.62. The lowest BCUT2D eigenvalue weighted by molar-refractivity contribution is -0.134. The maximum atomic E-state index is 13.9. The molecule has 3 atom stereocenters. The highest BCUT2D eigenvalue weighted by Crippen LogP contribution is 2.50. The van der Waals surface area contributed by atoms with Gasteiger partial charge in [0.1, 0.15) is 12.1 Å². The van der Waals surface area contributed by atoms with E-state index in [0.29, 0.717) is 17.0 Å². The van der Waals surface area contributed by atoms with Gasteiger partial charge in [-0.15, -0.1) is 0 Å². The van der Waals surface area contributed by atoms with E-state index in [2.05, 4.69) is 45.9 Å². The second kappa shape index (κ2) is 8.31. The van der Waals surface area contributed by atoms with E-state index in [0.717, 1.165) is 56.8 Å². The van der Waals surface area contributed by atoms with Crippen LogP contribution in [0.25, 0.3) is 0 Å². The van der Waals surface area contributed by atoms with Crippen molar-refractivity contribution >= 4 is 23.3 Å². The van der Waals surface area contributed by atoms with E-state index in [-0.39, 0.29) is 11.9 Å². The molecule has 0 radical (unpaired) electrons. The molecule has 2 heterocycles. The first-order chi connectivity index (χ1) is 15.4. The van der Waals surface area contributed by atoms with Crippen molar-refractivity contribution in [3.05, 3.63) is 52.4 Å². The summed E-state index contributed by atoms with van der Waals surface area (Å²) in [6.45, 7) is 9.58. The van der Waals surface area contributed by atoms with Gasteiger partial charge in [0.25, 0.3) is 0 Å². The Morgan fingerprint density at radius 3 is 2.56 bits per heavy atom. The second-order valence-corrected chi connectivity index (χ2v) is 10.3. The molecule has 0 bridgehead atoms. The minimum Gasteiger partial charge on any atom is -0.353 e. The van der Waals surface area contributed by atoms with Gasteiger partial charge in [-0.25, -0.2) is 9.97 Å². The fourth-order valence-electron chi connectivity index (χ4n) is 5.57. The number of piperazine rings is 1. The van der Waals surface area contributed by atoms with Crippen molar-refractivity contribution in [2.24, 2.45) is 0 Å². The summed E-state index contributed by atoms with van der Waals surface area (Å²) < 4.78 is 0. The average Bonchev–Trinajstić information content (AvgIpc) is 3.37. The summed E-state index contributed by atoms with van der Waals surface area (Å²) in [5, 5.41) is 4.30. The first-order valence-corrected chi connectivity index (χ1v) is 12.2. The molecule has 3 aliphatic rings. The number of nitrogens with zero attached hydrogens (tertiary/aromatic N) is 4. The van der Waals surface area contributed by atoms with Crippen LogP contribution in [0, 0.1) is 0 Å². The molecular formula is C25H32ClN5O. The number of nitrogens with one attached hydrogen (secondary N) is 1. The number of aromatic nitrogens is 2. The van der Waals surface area contributed by atoms with Crippen LogP contribution >= 0.6 is 11.6 Å². The number of amides is 1. The number of fused-ring (bicyclic) bond motifs is 1. The zero-order valence-electron chi connectivity index (χ0n) is 19.1. The number of hydrogen-bond acceptors (Lipinski definition) is 5. The van der Waals surface area contributed by atoms with Crippen molar-refractivity contribution in [1.29, 1.82) is 0 Å². The minimum absolute atomic E-state index is 0.167. The molecule has 32 heavy (non-hydrogen) atoms. The Labute approximate surface area is 195 Å². The molecule has 2 fully saturated rings. The standard InChI is InChI=1S/C25H32ClN5O/c1-16(2)29-21-14-25(21,18-5-7-19(26)8-6-18)24(32)31-12-10-30(11-13-31)23-22-17(3)4-9-20(22)27-15-28-23/h5-8,15-17,21,29H,4,9-14H2,1-3H3/t17-,21?,25?/m1/s1. The van der Waals surface area contributed by atoms with Crippen LogP contribution in [-0.4, -0.2) is 59.0 Å². The summed E-state index contributed by atoms with van der Waals surface area (Å²) in [6.07, 6.45) is 4.72. The lowest BCUT2D eigenvalue weighted by atomic mass is 9.92. The molecule has 0 spiro atoms. The molecule has 1 saturated carbocycles. The molecule has 7 heteroatoms. The van der Waals surface area contributed by atoms with Gasteiger partial charge in [0, 0.05) is 54.5 Å². The monoisotopic (exact) mass is 453 g/mol. The third-order valence-corrected chi connectivity index (χ3v) is 7.61. The van der Waals surface area contributed by atoms with Crippen molar-refractivity contribution < 1.29 is 4.79 Å². The average molecular weight is 454 g/mol. The summed E-state index contributed by atoms with van der Waals surface area (Å²) in [4.78, 5) is 27.4. The van der Waals surface area contributed by atoms with Gasteiger partial charge in [0.05, 0.1) is 5.41 Å². The normalized spacial score (nSPS) is 27.0. The van der Waals surface area contributed by atoms with Gasteiger partial charge in [0.15, 0.2) is 0 Å². The van der Waals surface area contributed by atoms with Crippen LogP contribution in [0.2, 0.25) is 5.02 Å². The summed E-state index contributed by atoms with van der Waals surface area (Å²) in [5.41, 5.74) is 3.09. The van der Waals surface area contributed by atoms with Gasteiger partial charge in [0.2, 0.25) is 5.91 Å². The van der Waals surface area contributed by atoms with Crippen LogP contribution in [0.15, 0.2) is 30.6 Å². The number of hydrogen-bond donors (Lipinski definition) is 1. The van der Waals surface area contributed by atoms with E-state index in [1.165, 1.54) is 11.3 Å². The van der Waals surface area contributed by atoms with E-state index in [1.54, 1.807) is 6.33 Å². The molecule has 1 saturated heterocycles. The number of benzene rings is 1. The molecule has 1 amide bonds. The van der Waals surface area contributed by atoms with Crippen molar-refractivity contribution in [3.8, 4) is 0 Å². The largest absolute Gasteiger partial charge is 0.353 e. The van der Waals surface area contributed by atoms with Crippen LogP contribution in [-0.2, 0) is 16.6 Å². The molecule has 2 unspecified atom stereocenters. The molecule has 2 aliphatic carbocycles. The van der Waals surface area contributed by atoms with E-state index < -0.39 is 5.41 Å². The molecule has 1 aromatic heterocycles. The molecular weight excluding hydrogens is 422 g/mol. The Morgan fingerprint density at radius 1 is 1.16 bits per heavy atom. The van der Waals surface area contributed by atoms with Gasteiger partial charge < -0.3 is 15.1 Å². The number of anilines is 1. The highest BCUT2D eigenvalue weighted by atomic mass is 35.5. The first kappa shape index (κ1) is 21.7. The molecule has 170 valence electrons. The van der Waals surface area contributed by atoms with Gasteiger partial charge in [-0.2, -0.15) is 0 Å². The summed E-state index contributed by atoms with van der Waals surface area (Å²) in [7, 11) is 0. The number of halogens is 1. The van der Waals surface area contributed by atoms with Gasteiger partial charge in [-0.05, 0) is 42.9 Å². The molecule has 6 nitrogen and oxygen atoms in total. The Morgan fingerprint density at radius 2 is 1.88 bits per heavy atom. The lowest BCUT2D eigenvalue weighted by Crippen LogP contribution is -2.53. The Hall–Kier alpha value is -2.18. The number of aryl methyl sites for hydroxylation is 1. The Balaban J connectivity index is 1.33. The van der Waals surface area contributed by atoms with Crippen molar-refractivity contribution in [3.63, 3.8) is 0 Å². The maximum Gasteiger partial charge on any atom is 0.235 e. The molecule has 2 aromatic rings. The first-order valence-electron chi connectivity index (χ1n) is 11.8. The zero-order valence-corrected chi connectivity index (χ0v) is 19.9. The molecule has 1 aromatic carbocycles. The smallest absolute Gasteiger partial charge is 0.235 e. The quantitative estimate of drug-likeness (QED) is 0.750. The maximum absolute atomic E-state index is 13.9. The van der Waals surface area contributed by atoms with Crippen molar-refractivity contribution in [2.45, 2.75) is 63.5 Å². The summed E-state index contributed by atoms with van der Waals surface area (Å²) >= 11 is 6.13. The molecule has 5 rings (SSSR count). The van der Waals surface area contributed by atoms with Gasteiger partial charge >= 0.3 is 0 Å². The zero-order chi connectivity index (χ0) is 22.5. The van der Waals surface area contributed by atoms with Crippen LogP contribution in [0.3, 0.4) is 0 Å². The predicted molar refractivity (Wildman–Crippen MR) is 127 cm³/mol.